The minimum atomic E-state index is -0.0569. The third-order valence-electron chi connectivity index (χ3n) is 2.36. The number of amides is 1. The number of hydrogen-bond donors (Lipinski definition) is 2. The standard InChI is InChI=1S/C13H20N2O3/c1-4-18-12-6-5-10(17-3)9-11(12)15-13(16)7-8-14-2/h5-6,9,14H,4,7-8H2,1-3H3,(H,15,16). The highest BCUT2D eigenvalue weighted by atomic mass is 16.5. The minimum Gasteiger partial charge on any atom is -0.497 e. The molecule has 0 aliphatic heterocycles. The van der Waals surface area contributed by atoms with Crippen LogP contribution in [0.25, 0.3) is 0 Å². The molecule has 100 valence electrons. The van der Waals surface area contributed by atoms with E-state index in [0.29, 0.717) is 36.8 Å². The van der Waals surface area contributed by atoms with E-state index in [9.17, 15) is 4.79 Å². The second-order valence-electron chi connectivity index (χ2n) is 3.70. The van der Waals surface area contributed by atoms with Crippen LogP contribution in [-0.2, 0) is 4.79 Å². The quantitative estimate of drug-likeness (QED) is 0.774. The molecule has 5 heteroatoms. The van der Waals surface area contributed by atoms with Gasteiger partial charge in [0.1, 0.15) is 11.5 Å². The maximum Gasteiger partial charge on any atom is 0.225 e. The number of ether oxygens (including phenoxy) is 2. The number of methoxy groups -OCH3 is 1. The van der Waals surface area contributed by atoms with Gasteiger partial charge in [-0.2, -0.15) is 0 Å². The van der Waals surface area contributed by atoms with Crippen molar-refractivity contribution >= 4 is 11.6 Å². The van der Waals surface area contributed by atoms with Crippen molar-refractivity contribution in [1.82, 2.24) is 5.32 Å². The van der Waals surface area contributed by atoms with Crippen molar-refractivity contribution in [2.24, 2.45) is 0 Å². The lowest BCUT2D eigenvalue weighted by Crippen LogP contribution is -2.19. The predicted octanol–water partition coefficient (Wildman–Crippen LogP) is 1.64. The molecule has 1 amide bonds. The van der Waals surface area contributed by atoms with Crippen LogP contribution in [-0.4, -0.2) is 33.2 Å². The van der Waals surface area contributed by atoms with Crippen molar-refractivity contribution in [2.45, 2.75) is 13.3 Å². The smallest absolute Gasteiger partial charge is 0.225 e. The maximum absolute atomic E-state index is 11.7. The molecule has 0 heterocycles. The molecule has 0 bridgehead atoms. The van der Waals surface area contributed by atoms with Crippen molar-refractivity contribution < 1.29 is 14.3 Å². The van der Waals surface area contributed by atoms with Crippen molar-refractivity contribution in [3.05, 3.63) is 18.2 Å². The van der Waals surface area contributed by atoms with Crippen molar-refractivity contribution in [2.75, 3.05) is 32.6 Å². The van der Waals surface area contributed by atoms with Crippen LogP contribution < -0.4 is 20.1 Å². The van der Waals surface area contributed by atoms with Crippen LogP contribution in [0.1, 0.15) is 13.3 Å². The Bertz CT molecular complexity index is 394. The summed E-state index contributed by atoms with van der Waals surface area (Å²) in [5.41, 5.74) is 0.636. The fraction of sp³-hybridized carbons (Fsp3) is 0.462. The summed E-state index contributed by atoms with van der Waals surface area (Å²) in [5.74, 6) is 1.28. The van der Waals surface area contributed by atoms with Gasteiger partial charge >= 0.3 is 0 Å². The summed E-state index contributed by atoms with van der Waals surface area (Å²) in [4.78, 5) is 11.7. The highest BCUT2D eigenvalue weighted by Crippen LogP contribution is 2.29. The van der Waals surface area contributed by atoms with Gasteiger partial charge in [-0.1, -0.05) is 0 Å². The highest BCUT2D eigenvalue weighted by Gasteiger charge is 2.09. The lowest BCUT2D eigenvalue weighted by Gasteiger charge is -2.12. The van der Waals surface area contributed by atoms with E-state index in [1.807, 2.05) is 14.0 Å². The van der Waals surface area contributed by atoms with E-state index in [4.69, 9.17) is 9.47 Å². The summed E-state index contributed by atoms with van der Waals surface area (Å²) < 4.78 is 10.6. The first-order chi connectivity index (χ1) is 8.71. The summed E-state index contributed by atoms with van der Waals surface area (Å²) in [6, 6.07) is 5.34. The van der Waals surface area contributed by atoms with Crippen LogP contribution in [0.3, 0.4) is 0 Å². The molecule has 0 radical (unpaired) electrons. The molecule has 1 aromatic carbocycles. The Kier molecular flexibility index (Phi) is 6.00. The zero-order valence-corrected chi connectivity index (χ0v) is 11.1. The molecule has 0 saturated carbocycles. The number of anilines is 1. The monoisotopic (exact) mass is 252 g/mol. The summed E-state index contributed by atoms with van der Waals surface area (Å²) >= 11 is 0. The number of carbonyl (C=O) groups is 1. The number of rotatable bonds is 7. The van der Waals surface area contributed by atoms with Gasteiger partial charge in [-0.05, 0) is 26.1 Å². The maximum atomic E-state index is 11.7. The molecule has 0 aliphatic carbocycles. The van der Waals surface area contributed by atoms with Gasteiger partial charge in [0.05, 0.1) is 19.4 Å². The lowest BCUT2D eigenvalue weighted by molar-refractivity contribution is -0.116. The molecule has 1 rings (SSSR count). The van der Waals surface area contributed by atoms with Gasteiger partial charge in [-0.3, -0.25) is 4.79 Å². The zero-order valence-electron chi connectivity index (χ0n) is 11.1. The number of carbonyl (C=O) groups excluding carboxylic acids is 1. The molecule has 0 atom stereocenters. The third-order valence-corrected chi connectivity index (χ3v) is 2.36. The molecule has 2 N–H and O–H groups in total. The number of benzene rings is 1. The lowest BCUT2D eigenvalue weighted by atomic mass is 10.2. The number of nitrogens with one attached hydrogen (secondary N) is 2. The van der Waals surface area contributed by atoms with Crippen molar-refractivity contribution in [3.8, 4) is 11.5 Å². The van der Waals surface area contributed by atoms with Crippen LogP contribution >= 0.6 is 0 Å². The summed E-state index contributed by atoms with van der Waals surface area (Å²) in [7, 11) is 3.40. The van der Waals surface area contributed by atoms with E-state index in [-0.39, 0.29) is 5.91 Å². The van der Waals surface area contributed by atoms with Crippen molar-refractivity contribution in [1.29, 1.82) is 0 Å². The van der Waals surface area contributed by atoms with E-state index in [0.717, 1.165) is 0 Å². The Labute approximate surface area is 107 Å². The van der Waals surface area contributed by atoms with E-state index >= 15 is 0 Å². The first-order valence-corrected chi connectivity index (χ1v) is 5.96. The molecule has 18 heavy (non-hydrogen) atoms. The molecule has 0 fully saturated rings. The second kappa shape index (κ2) is 7.55. The van der Waals surface area contributed by atoms with E-state index in [2.05, 4.69) is 10.6 Å². The van der Waals surface area contributed by atoms with Gasteiger partial charge < -0.3 is 20.1 Å². The highest BCUT2D eigenvalue weighted by molar-refractivity contribution is 5.92. The average Bonchev–Trinajstić information content (AvgIpc) is 2.38. The molecule has 0 spiro atoms. The average molecular weight is 252 g/mol. The van der Waals surface area contributed by atoms with Gasteiger partial charge in [0, 0.05) is 19.0 Å². The molecule has 0 aliphatic rings. The topological polar surface area (TPSA) is 59.6 Å². The van der Waals surface area contributed by atoms with Crippen LogP contribution in [0.5, 0.6) is 11.5 Å². The fourth-order valence-corrected chi connectivity index (χ4v) is 1.47. The molecule has 0 aromatic heterocycles. The molecule has 0 saturated heterocycles. The van der Waals surface area contributed by atoms with Crippen molar-refractivity contribution in [3.63, 3.8) is 0 Å². The van der Waals surface area contributed by atoms with Crippen LogP contribution in [0.15, 0.2) is 18.2 Å². The Hall–Kier alpha value is -1.75. The van der Waals surface area contributed by atoms with Gasteiger partial charge in [-0.25, -0.2) is 0 Å². The SMILES string of the molecule is CCOc1ccc(OC)cc1NC(=O)CCNC. The minimum absolute atomic E-state index is 0.0569. The molecule has 1 aromatic rings. The van der Waals surface area contributed by atoms with Gasteiger partial charge in [-0.15, -0.1) is 0 Å². The normalized spacial score (nSPS) is 9.94. The van der Waals surface area contributed by atoms with E-state index < -0.39 is 0 Å². The van der Waals surface area contributed by atoms with Crippen LogP contribution in [0, 0.1) is 0 Å². The first-order valence-electron chi connectivity index (χ1n) is 5.96. The Morgan fingerprint density at radius 2 is 2.17 bits per heavy atom. The first kappa shape index (κ1) is 14.3. The third kappa shape index (κ3) is 4.25. The Balaban J connectivity index is 2.79. The van der Waals surface area contributed by atoms with E-state index in [1.54, 1.807) is 25.3 Å². The predicted molar refractivity (Wildman–Crippen MR) is 71.3 cm³/mol. The second-order valence-corrected chi connectivity index (χ2v) is 3.70. The molecule has 5 nitrogen and oxygen atoms in total. The molecular weight excluding hydrogens is 232 g/mol. The van der Waals surface area contributed by atoms with Crippen LogP contribution in [0.2, 0.25) is 0 Å². The Morgan fingerprint density at radius 3 is 2.78 bits per heavy atom. The van der Waals surface area contributed by atoms with Gasteiger partial charge in [0.15, 0.2) is 0 Å². The summed E-state index contributed by atoms with van der Waals surface area (Å²) in [6.07, 6.45) is 0.416. The zero-order chi connectivity index (χ0) is 13.4. The van der Waals surface area contributed by atoms with Gasteiger partial charge in [0.2, 0.25) is 5.91 Å². The summed E-state index contributed by atoms with van der Waals surface area (Å²) in [5, 5.41) is 5.75. The number of hydrogen-bond acceptors (Lipinski definition) is 4. The molecule has 0 unspecified atom stereocenters. The van der Waals surface area contributed by atoms with Crippen LogP contribution in [0.4, 0.5) is 5.69 Å². The van der Waals surface area contributed by atoms with E-state index in [1.165, 1.54) is 0 Å². The van der Waals surface area contributed by atoms with Gasteiger partial charge in [0.25, 0.3) is 0 Å². The largest absolute Gasteiger partial charge is 0.497 e. The summed E-state index contributed by atoms with van der Waals surface area (Å²) in [6.45, 7) is 3.09. The fourth-order valence-electron chi connectivity index (χ4n) is 1.47. The Morgan fingerprint density at radius 1 is 1.39 bits per heavy atom. The molecular formula is C13H20N2O3.